The lowest BCUT2D eigenvalue weighted by atomic mass is 10.1. The van der Waals surface area contributed by atoms with E-state index in [1.165, 1.54) is 6.07 Å². The molecule has 0 unspecified atom stereocenters. The van der Waals surface area contributed by atoms with Crippen molar-refractivity contribution in [1.29, 1.82) is 0 Å². The lowest BCUT2D eigenvalue weighted by Crippen LogP contribution is -2.21. The van der Waals surface area contributed by atoms with Crippen molar-refractivity contribution in [1.82, 2.24) is 0 Å². The molecule has 0 atom stereocenters. The highest BCUT2D eigenvalue weighted by molar-refractivity contribution is 6.02. The SMILES string of the molecule is O=C(COC(=O)c1ccc2ccccc2c1O)Nc1ccc(F)c(F)c1F. The number of carbonyl (C=O) groups excluding carboxylic acids is 2. The molecule has 0 saturated heterocycles. The summed E-state index contributed by atoms with van der Waals surface area (Å²) in [6, 6.07) is 11.2. The van der Waals surface area contributed by atoms with Crippen molar-refractivity contribution in [3.63, 3.8) is 0 Å². The molecule has 0 aliphatic heterocycles. The van der Waals surface area contributed by atoms with Crippen LogP contribution in [0.1, 0.15) is 10.4 Å². The zero-order chi connectivity index (χ0) is 19.6. The smallest absolute Gasteiger partial charge is 0.342 e. The molecule has 27 heavy (non-hydrogen) atoms. The van der Waals surface area contributed by atoms with Crippen molar-refractivity contribution in [3.05, 3.63) is 71.5 Å². The van der Waals surface area contributed by atoms with Crippen LogP contribution in [0.3, 0.4) is 0 Å². The zero-order valence-electron chi connectivity index (χ0n) is 13.6. The average Bonchev–Trinajstić information content (AvgIpc) is 2.67. The van der Waals surface area contributed by atoms with Crippen molar-refractivity contribution >= 4 is 28.3 Å². The van der Waals surface area contributed by atoms with Gasteiger partial charge in [0, 0.05) is 5.39 Å². The number of phenolic OH excluding ortho intramolecular Hbond substituents is 1. The van der Waals surface area contributed by atoms with E-state index >= 15 is 0 Å². The van der Waals surface area contributed by atoms with Gasteiger partial charge < -0.3 is 15.2 Å². The molecule has 0 saturated carbocycles. The third-order valence-corrected chi connectivity index (χ3v) is 3.76. The van der Waals surface area contributed by atoms with Gasteiger partial charge >= 0.3 is 5.97 Å². The number of amides is 1. The van der Waals surface area contributed by atoms with Gasteiger partial charge in [0.05, 0.1) is 5.69 Å². The monoisotopic (exact) mass is 375 g/mol. The fourth-order valence-electron chi connectivity index (χ4n) is 2.44. The number of esters is 1. The van der Waals surface area contributed by atoms with Crippen molar-refractivity contribution in [3.8, 4) is 5.75 Å². The summed E-state index contributed by atoms with van der Waals surface area (Å²) in [7, 11) is 0. The molecular weight excluding hydrogens is 363 g/mol. The number of aromatic hydroxyl groups is 1. The predicted molar refractivity (Wildman–Crippen MR) is 90.8 cm³/mol. The van der Waals surface area contributed by atoms with Gasteiger partial charge in [-0.25, -0.2) is 18.0 Å². The Morgan fingerprint density at radius 2 is 1.70 bits per heavy atom. The first-order chi connectivity index (χ1) is 12.9. The molecule has 0 aliphatic rings. The van der Waals surface area contributed by atoms with Gasteiger partial charge in [-0.2, -0.15) is 0 Å². The van der Waals surface area contributed by atoms with Crippen LogP contribution in [0.4, 0.5) is 18.9 Å². The van der Waals surface area contributed by atoms with Crippen molar-refractivity contribution < 1.29 is 32.6 Å². The second-order valence-electron chi connectivity index (χ2n) is 5.53. The van der Waals surface area contributed by atoms with E-state index in [1.54, 1.807) is 30.3 Å². The largest absolute Gasteiger partial charge is 0.506 e. The molecule has 5 nitrogen and oxygen atoms in total. The van der Waals surface area contributed by atoms with E-state index in [0.717, 1.165) is 6.07 Å². The second-order valence-corrected chi connectivity index (χ2v) is 5.53. The van der Waals surface area contributed by atoms with Gasteiger partial charge in [-0.15, -0.1) is 0 Å². The summed E-state index contributed by atoms with van der Waals surface area (Å²) in [5.74, 6) is -6.94. The first-order valence-corrected chi connectivity index (χ1v) is 7.69. The van der Waals surface area contributed by atoms with E-state index in [2.05, 4.69) is 0 Å². The maximum atomic E-state index is 13.5. The minimum absolute atomic E-state index is 0.152. The van der Waals surface area contributed by atoms with Gasteiger partial charge in [0.1, 0.15) is 11.3 Å². The van der Waals surface area contributed by atoms with Crippen LogP contribution >= 0.6 is 0 Å². The number of halogens is 3. The van der Waals surface area contributed by atoms with Gasteiger partial charge in [0.15, 0.2) is 24.1 Å². The molecule has 0 heterocycles. The number of fused-ring (bicyclic) bond motifs is 1. The zero-order valence-corrected chi connectivity index (χ0v) is 13.6. The van der Waals surface area contributed by atoms with Gasteiger partial charge in [-0.1, -0.05) is 30.3 Å². The van der Waals surface area contributed by atoms with Crippen LogP contribution in [0.15, 0.2) is 48.5 Å². The predicted octanol–water partition coefficient (Wildman–Crippen LogP) is 3.76. The maximum absolute atomic E-state index is 13.5. The molecule has 2 N–H and O–H groups in total. The van der Waals surface area contributed by atoms with E-state index in [1.807, 2.05) is 5.32 Å². The number of hydrogen-bond donors (Lipinski definition) is 2. The Labute approximate surface area is 151 Å². The highest BCUT2D eigenvalue weighted by Crippen LogP contribution is 2.29. The molecule has 0 radical (unpaired) electrons. The Bertz CT molecular complexity index is 1050. The lowest BCUT2D eigenvalue weighted by Gasteiger charge is -2.10. The topological polar surface area (TPSA) is 75.6 Å². The van der Waals surface area contributed by atoms with Crippen molar-refractivity contribution in [2.45, 2.75) is 0 Å². The van der Waals surface area contributed by atoms with Gasteiger partial charge in [-0.3, -0.25) is 4.79 Å². The Kier molecular flexibility index (Phi) is 4.98. The summed E-state index contributed by atoms with van der Waals surface area (Å²) >= 11 is 0. The third-order valence-electron chi connectivity index (χ3n) is 3.76. The van der Waals surface area contributed by atoms with Crippen LogP contribution in [0.2, 0.25) is 0 Å². The molecule has 3 aromatic rings. The van der Waals surface area contributed by atoms with E-state index in [4.69, 9.17) is 4.74 Å². The Balaban J connectivity index is 1.68. The van der Waals surface area contributed by atoms with Crippen LogP contribution in [0.25, 0.3) is 10.8 Å². The fraction of sp³-hybridized carbons (Fsp3) is 0.0526. The first kappa shape index (κ1) is 18.2. The Hall–Kier alpha value is -3.55. The summed E-state index contributed by atoms with van der Waals surface area (Å²) in [5, 5.41) is 13.3. The Morgan fingerprint density at radius 1 is 0.963 bits per heavy atom. The minimum atomic E-state index is -1.73. The minimum Gasteiger partial charge on any atom is -0.506 e. The van der Waals surface area contributed by atoms with Crippen molar-refractivity contribution in [2.24, 2.45) is 0 Å². The maximum Gasteiger partial charge on any atom is 0.342 e. The molecule has 0 aliphatic carbocycles. The summed E-state index contributed by atoms with van der Waals surface area (Å²) in [4.78, 5) is 23.8. The highest BCUT2D eigenvalue weighted by Gasteiger charge is 2.18. The number of anilines is 1. The number of phenols is 1. The van der Waals surface area contributed by atoms with Crippen LogP contribution in [0, 0.1) is 17.5 Å². The average molecular weight is 375 g/mol. The molecule has 0 spiro atoms. The molecule has 8 heteroatoms. The molecular formula is C19H12F3NO4. The number of hydrogen-bond acceptors (Lipinski definition) is 4. The number of carbonyl (C=O) groups is 2. The summed E-state index contributed by atoms with van der Waals surface area (Å²) < 4.78 is 44.3. The summed E-state index contributed by atoms with van der Waals surface area (Å²) in [5.41, 5.74) is -0.746. The third kappa shape index (κ3) is 3.69. The number of rotatable bonds is 4. The van der Waals surface area contributed by atoms with E-state index < -0.39 is 41.6 Å². The van der Waals surface area contributed by atoms with Crippen molar-refractivity contribution in [2.75, 3.05) is 11.9 Å². The Morgan fingerprint density at radius 3 is 2.48 bits per heavy atom. The van der Waals surface area contributed by atoms with Crippen LogP contribution in [-0.4, -0.2) is 23.6 Å². The lowest BCUT2D eigenvalue weighted by molar-refractivity contribution is -0.119. The number of benzene rings is 3. The normalized spacial score (nSPS) is 10.6. The summed E-state index contributed by atoms with van der Waals surface area (Å²) in [6.07, 6.45) is 0. The molecule has 3 aromatic carbocycles. The highest BCUT2D eigenvalue weighted by atomic mass is 19.2. The van der Waals surface area contributed by atoms with E-state index in [0.29, 0.717) is 16.8 Å². The number of ether oxygens (including phenoxy) is 1. The number of nitrogens with one attached hydrogen (secondary N) is 1. The fourth-order valence-corrected chi connectivity index (χ4v) is 2.44. The molecule has 1 amide bonds. The van der Waals surface area contributed by atoms with Crippen LogP contribution in [-0.2, 0) is 9.53 Å². The van der Waals surface area contributed by atoms with E-state index in [9.17, 15) is 27.9 Å². The molecule has 3 rings (SSSR count). The molecule has 138 valence electrons. The first-order valence-electron chi connectivity index (χ1n) is 7.69. The quantitative estimate of drug-likeness (QED) is 0.538. The molecule has 0 bridgehead atoms. The van der Waals surface area contributed by atoms with Gasteiger partial charge in [0.25, 0.3) is 5.91 Å². The van der Waals surface area contributed by atoms with E-state index in [-0.39, 0.29) is 11.3 Å². The second kappa shape index (κ2) is 7.36. The summed E-state index contributed by atoms with van der Waals surface area (Å²) in [6.45, 7) is -0.816. The standard InChI is InChI=1S/C19H12F3NO4/c20-13-7-8-14(17(22)16(13)21)23-15(24)9-27-19(26)12-6-5-10-3-1-2-4-11(10)18(12)25/h1-8,25H,9H2,(H,23,24). The van der Waals surface area contributed by atoms with Gasteiger partial charge in [-0.05, 0) is 23.6 Å². The van der Waals surface area contributed by atoms with Crippen LogP contribution in [0.5, 0.6) is 5.75 Å². The molecule has 0 aromatic heterocycles. The van der Waals surface area contributed by atoms with Gasteiger partial charge in [0.2, 0.25) is 0 Å². The van der Waals surface area contributed by atoms with Crippen LogP contribution < -0.4 is 5.32 Å². The molecule has 0 fully saturated rings.